The summed E-state index contributed by atoms with van der Waals surface area (Å²) in [5.41, 5.74) is 2.86. The van der Waals surface area contributed by atoms with Crippen LogP contribution in [0.25, 0.3) is 6.08 Å². The molecule has 7 heteroatoms. The lowest BCUT2D eigenvalue weighted by Crippen LogP contribution is -2.05. The Hall–Kier alpha value is -1.87. The molecule has 0 saturated heterocycles. The summed E-state index contributed by atoms with van der Waals surface area (Å²) < 4.78 is 18.2. The molecule has 1 aliphatic heterocycles. The standard InChI is InChI=1S/C20H17BrINO4/c1-4-26-18-14(21)8-12(10-17(18)25-3)9-16-20(24)27-19(23-16)13-5-6-15(22)11(2)7-13/h5-10H,4H2,1-3H3/b16-9-. The average Bonchev–Trinajstić information content (AvgIpc) is 3.00. The van der Waals surface area contributed by atoms with Crippen molar-refractivity contribution in [3.8, 4) is 11.5 Å². The first-order chi connectivity index (χ1) is 12.9. The number of hydrogen-bond donors (Lipinski definition) is 0. The summed E-state index contributed by atoms with van der Waals surface area (Å²) in [6.45, 7) is 4.42. The van der Waals surface area contributed by atoms with E-state index in [9.17, 15) is 4.79 Å². The minimum absolute atomic E-state index is 0.235. The molecule has 5 nitrogen and oxygen atoms in total. The Morgan fingerprint density at radius 2 is 2.07 bits per heavy atom. The largest absolute Gasteiger partial charge is 0.493 e. The Morgan fingerprint density at radius 3 is 2.74 bits per heavy atom. The van der Waals surface area contributed by atoms with E-state index < -0.39 is 5.97 Å². The highest BCUT2D eigenvalue weighted by Crippen LogP contribution is 2.37. The molecule has 0 bridgehead atoms. The molecule has 0 amide bonds. The number of hydrogen-bond acceptors (Lipinski definition) is 5. The first-order valence-corrected chi connectivity index (χ1v) is 10.1. The molecule has 0 radical (unpaired) electrons. The zero-order valence-electron chi connectivity index (χ0n) is 15.0. The van der Waals surface area contributed by atoms with Gasteiger partial charge >= 0.3 is 5.97 Å². The van der Waals surface area contributed by atoms with Gasteiger partial charge in [-0.2, -0.15) is 0 Å². The summed E-state index contributed by atoms with van der Waals surface area (Å²) in [6, 6.07) is 9.44. The highest BCUT2D eigenvalue weighted by molar-refractivity contribution is 14.1. The van der Waals surface area contributed by atoms with Gasteiger partial charge in [0.05, 0.1) is 18.2 Å². The summed E-state index contributed by atoms with van der Waals surface area (Å²) in [4.78, 5) is 16.6. The van der Waals surface area contributed by atoms with Gasteiger partial charge in [0.15, 0.2) is 17.2 Å². The van der Waals surface area contributed by atoms with Crippen LogP contribution in [0.3, 0.4) is 0 Å². The Labute approximate surface area is 179 Å². The molecule has 0 aliphatic carbocycles. The molecule has 1 heterocycles. The molecule has 0 saturated carbocycles. The molecular formula is C20H17BrINO4. The molecule has 0 spiro atoms. The molecule has 2 aromatic rings. The van der Waals surface area contributed by atoms with E-state index >= 15 is 0 Å². The van der Waals surface area contributed by atoms with Crippen molar-refractivity contribution in [3.05, 3.63) is 60.8 Å². The third kappa shape index (κ3) is 4.35. The summed E-state index contributed by atoms with van der Waals surface area (Å²) in [5.74, 6) is 1.02. The summed E-state index contributed by atoms with van der Waals surface area (Å²) in [6.07, 6.45) is 1.66. The second-order valence-corrected chi connectivity index (χ2v) is 7.78. The second-order valence-electron chi connectivity index (χ2n) is 5.77. The maximum Gasteiger partial charge on any atom is 0.363 e. The maximum absolute atomic E-state index is 12.2. The molecule has 140 valence electrons. The van der Waals surface area contributed by atoms with Crippen molar-refractivity contribution in [1.82, 2.24) is 0 Å². The molecule has 0 atom stereocenters. The predicted octanol–water partition coefficient (Wildman–Crippen LogP) is 5.11. The molecule has 0 aromatic heterocycles. The highest BCUT2D eigenvalue weighted by Gasteiger charge is 2.24. The summed E-state index contributed by atoms with van der Waals surface area (Å²) in [7, 11) is 1.57. The number of benzene rings is 2. The zero-order valence-corrected chi connectivity index (χ0v) is 18.8. The van der Waals surface area contributed by atoms with E-state index in [0.717, 1.165) is 24.7 Å². The number of rotatable bonds is 5. The number of nitrogens with zero attached hydrogens (tertiary/aromatic N) is 1. The maximum atomic E-state index is 12.2. The number of halogens is 2. The lowest BCUT2D eigenvalue weighted by Gasteiger charge is -2.12. The van der Waals surface area contributed by atoms with Gasteiger partial charge < -0.3 is 14.2 Å². The lowest BCUT2D eigenvalue weighted by atomic mass is 10.1. The number of aryl methyl sites for hydroxylation is 1. The number of methoxy groups -OCH3 is 1. The number of esters is 1. The van der Waals surface area contributed by atoms with Crippen molar-refractivity contribution >= 4 is 56.5 Å². The van der Waals surface area contributed by atoms with Crippen molar-refractivity contribution in [3.63, 3.8) is 0 Å². The first-order valence-electron chi connectivity index (χ1n) is 8.22. The Kier molecular flexibility index (Phi) is 6.21. The van der Waals surface area contributed by atoms with Gasteiger partial charge in [-0.25, -0.2) is 9.79 Å². The van der Waals surface area contributed by atoms with Gasteiger partial charge in [0, 0.05) is 9.13 Å². The third-order valence-corrected chi connectivity index (χ3v) is 5.67. The fourth-order valence-corrected chi connectivity index (χ4v) is 3.49. The van der Waals surface area contributed by atoms with E-state index in [2.05, 4.69) is 43.5 Å². The molecule has 2 aromatic carbocycles. The van der Waals surface area contributed by atoms with Crippen LogP contribution >= 0.6 is 38.5 Å². The number of aliphatic imine (C=N–C) groups is 1. The van der Waals surface area contributed by atoms with Gasteiger partial charge in [0.2, 0.25) is 5.90 Å². The molecule has 3 rings (SSSR count). The monoisotopic (exact) mass is 541 g/mol. The normalized spacial score (nSPS) is 14.9. The number of carbonyl (C=O) groups excluding carboxylic acids is 1. The molecular weight excluding hydrogens is 525 g/mol. The van der Waals surface area contributed by atoms with Crippen LogP contribution in [-0.4, -0.2) is 25.6 Å². The van der Waals surface area contributed by atoms with E-state index in [1.165, 1.54) is 0 Å². The van der Waals surface area contributed by atoms with Gasteiger partial charge in [-0.05, 0) is 99.9 Å². The predicted molar refractivity (Wildman–Crippen MR) is 116 cm³/mol. The van der Waals surface area contributed by atoms with E-state index in [0.29, 0.717) is 24.0 Å². The van der Waals surface area contributed by atoms with Crippen LogP contribution in [0.15, 0.2) is 45.5 Å². The minimum Gasteiger partial charge on any atom is -0.493 e. The van der Waals surface area contributed by atoms with Gasteiger partial charge in [-0.3, -0.25) is 0 Å². The molecule has 1 aliphatic rings. The third-order valence-electron chi connectivity index (χ3n) is 3.87. The van der Waals surface area contributed by atoms with Gasteiger partial charge in [-0.1, -0.05) is 0 Å². The van der Waals surface area contributed by atoms with Crippen molar-refractivity contribution < 1.29 is 19.0 Å². The number of cyclic esters (lactones) is 1. The SMILES string of the molecule is CCOc1c(Br)cc(/C=C2\N=C(c3ccc(I)c(C)c3)OC2=O)cc1OC. The van der Waals surface area contributed by atoms with Crippen LogP contribution < -0.4 is 9.47 Å². The van der Waals surface area contributed by atoms with E-state index in [4.69, 9.17) is 14.2 Å². The van der Waals surface area contributed by atoms with E-state index in [1.807, 2.05) is 38.1 Å². The average molecular weight is 542 g/mol. The van der Waals surface area contributed by atoms with Crippen molar-refractivity contribution in [1.29, 1.82) is 0 Å². The number of carbonyl (C=O) groups is 1. The first kappa shape index (κ1) is 19.9. The summed E-state index contributed by atoms with van der Waals surface area (Å²) in [5, 5.41) is 0. The van der Waals surface area contributed by atoms with Crippen LogP contribution in [0.1, 0.15) is 23.6 Å². The van der Waals surface area contributed by atoms with Gasteiger partial charge in [-0.15, -0.1) is 0 Å². The summed E-state index contributed by atoms with van der Waals surface area (Å²) >= 11 is 5.74. The quantitative estimate of drug-likeness (QED) is 0.300. The van der Waals surface area contributed by atoms with E-state index in [-0.39, 0.29) is 5.70 Å². The zero-order chi connectivity index (χ0) is 19.6. The molecule has 0 unspecified atom stereocenters. The van der Waals surface area contributed by atoms with Gasteiger partial charge in [0.25, 0.3) is 0 Å². The van der Waals surface area contributed by atoms with Gasteiger partial charge in [0.1, 0.15) is 0 Å². The van der Waals surface area contributed by atoms with Crippen molar-refractivity contribution in [2.45, 2.75) is 13.8 Å². The van der Waals surface area contributed by atoms with E-state index in [1.54, 1.807) is 19.3 Å². The van der Waals surface area contributed by atoms with Crippen LogP contribution in [0.5, 0.6) is 11.5 Å². The second kappa shape index (κ2) is 8.43. The van der Waals surface area contributed by atoms with Crippen molar-refractivity contribution in [2.24, 2.45) is 4.99 Å². The molecule has 0 N–H and O–H groups in total. The fourth-order valence-electron chi connectivity index (χ4n) is 2.58. The Morgan fingerprint density at radius 1 is 1.30 bits per heavy atom. The van der Waals surface area contributed by atoms with Crippen LogP contribution in [-0.2, 0) is 9.53 Å². The Balaban J connectivity index is 1.97. The topological polar surface area (TPSA) is 57.1 Å². The smallest absolute Gasteiger partial charge is 0.363 e. The fraction of sp³-hybridized carbons (Fsp3) is 0.200. The Bertz CT molecular complexity index is 969. The van der Waals surface area contributed by atoms with Crippen LogP contribution in [0.2, 0.25) is 0 Å². The molecule has 27 heavy (non-hydrogen) atoms. The lowest BCUT2D eigenvalue weighted by molar-refractivity contribution is -0.129. The van der Waals surface area contributed by atoms with Crippen LogP contribution in [0.4, 0.5) is 0 Å². The highest BCUT2D eigenvalue weighted by atomic mass is 127. The minimum atomic E-state index is -0.481. The molecule has 0 fully saturated rings. The van der Waals surface area contributed by atoms with Crippen LogP contribution in [0, 0.1) is 10.5 Å². The number of ether oxygens (including phenoxy) is 3. The van der Waals surface area contributed by atoms with Crippen molar-refractivity contribution in [2.75, 3.05) is 13.7 Å².